The summed E-state index contributed by atoms with van der Waals surface area (Å²) in [5.41, 5.74) is 2.16. The SMILES string of the molecule is CCCCN(CCCC[N+](C)(C)C)C(=O)CN1CC(c2ccc3c(c2)CCO3)C(C(=O)O)C1CCC1OCCO1. The number of quaternary nitrogens is 1. The Labute approximate surface area is 239 Å². The van der Waals surface area contributed by atoms with Crippen LogP contribution in [0.15, 0.2) is 18.2 Å². The summed E-state index contributed by atoms with van der Waals surface area (Å²) in [5.74, 6) is -0.615. The second-order valence-electron chi connectivity index (χ2n) is 12.6. The van der Waals surface area contributed by atoms with Gasteiger partial charge < -0.3 is 28.7 Å². The molecule has 3 unspecified atom stereocenters. The Morgan fingerprint density at radius 2 is 1.80 bits per heavy atom. The Morgan fingerprint density at radius 1 is 1.05 bits per heavy atom. The van der Waals surface area contributed by atoms with E-state index in [0.29, 0.717) is 39.2 Å². The monoisotopic (exact) mass is 560 g/mol. The van der Waals surface area contributed by atoms with Gasteiger partial charge in [-0.2, -0.15) is 0 Å². The first kappa shape index (κ1) is 30.8. The summed E-state index contributed by atoms with van der Waals surface area (Å²) < 4.78 is 17.9. The third-order valence-corrected chi connectivity index (χ3v) is 8.54. The first-order valence-electron chi connectivity index (χ1n) is 15.2. The number of hydrogen-bond donors (Lipinski definition) is 1. The number of carboxylic acid groups (broad SMARTS) is 1. The lowest BCUT2D eigenvalue weighted by Crippen LogP contribution is -2.45. The highest BCUT2D eigenvalue weighted by Crippen LogP contribution is 2.41. The number of fused-ring (bicyclic) bond motifs is 1. The molecule has 3 heterocycles. The fourth-order valence-electron chi connectivity index (χ4n) is 6.38. The lowest BCUT2D eigenvalue weighted by Gasteiger charge is -2.30. The molecule has 0 saturated carbocycles. The van der Waals surface area contributed by atoms with Gasteiger partial charge >= 0.3 is 5.97 Å². The van der Waals surface area contributed by atoms with Crippen molar-refractivity contribution in [3.05, 3.63) is 29.3 Å². The number of likely N-dealkylation sites (tertiary alicyclic amines) is 1. The molecular formula is C31H50N3O6+. The van der Waals surface area contributed by atoms with E-state index in [-0.39, 0.29) is 30.7 Å². The number of nitrogens with zero attached hydrogens (tertiary/aromatic N) is 3. The van der Waals surface area contributed by atoms with Crippen LogP contribution in [0.4, 0.5) is 0 Å². The van der Waals surface area contributed by atoms with Crippen LogP contribution in [0.25, 0.3) is 0 Å². The van der Waals surface area contributed by atoms with Crippen LogP contribution in [0.1, 0.15) is 62.5 Å². The smallest absolute Gasteiger partial charge is 0.308 e. The normalized spacial score (nSPS) is 23.4. The van der Waals surface area contributed by atoms with Gasteiger partial charge in [0.05, 0.1) is 60.0 Å². The van der Waals surface area contributed by atoms with E-state index in [4.69, 9.17) is 14.2 Å². The van der Waals surface area contributed by atoms with Gasteiger partial charge in [0.2, 0.25) is 5.91 Å². The number of rotatable bonds is 15. The fourth-order valence-corrected chi connectivity index (χ4v) is 6.38. The average Bonchev–Trinajstić information content (AvgIpc) is 3.66. The second kappa shape index (κ2) is 14.1. The van der Waals surface area contributed by atoms with Crippen LogP contribution in [0.3, 0.4) is 0 Å². The molecule has 1 aromatic carbocycles. The van der Waals surface area contributed by atoms with Gasteiger partial charge in [0, 0.05) is 38.0 Å². The Morgan fingerprint density at radius 3 is 2.50 bits per heavy atom. The predicted octanol–water partition coefficient (Wildman–Crippen LogP) is 3.36. The number of hydrogen-bond acceptors (Lipinski definition) is 6. The molecule has 9 heteroatoms. The van der Waals surface area contributed by atoms with Crippen molar-refractivity contribution >= 4 is 11.9 Å². The summed E-state index contributed by atoms with van der Waals surface area (Å²) >= 11 is 0. The number of carbonyl (C=O) groups is 2. The van der Waals surface area contributed by atoms with Crippen molar-refractivity contribution in [2.45, 2.75) is 70.1 Å². The van der Waals surface area contributed by atoms with E-state index in [1.54, 1.807) is 0 Å². The number of ether oxygens (including phenoxy) is 3. The van der Waals surface area contributed by atoms with E-state index in [2.05, 4.69) is 39.0 Å². The molecule has 2 fully saturated rings. The third kappa shape index (κ3) is 8.18. The number of carboxylic acids is 1. The molecule has 4 rings (SSSR count). The minimum Gasteiger partial charge on any atom is -0.493 e. The van der Waals surface area contributed by atoms with Crippen molar-refractivity contribution in [1.29, 1.82) is 0 Å². The molecule has 0 spiro atoms. The third-order valence-electron chi connectivity index (χ3n) is 8.54. The minimum atomic E-state index is -0.807. The van der Waals surface area contributed by atoms with Crippen molar-refractivity contribution in [2.24, 2.45) is 5.92 Å². The van der Waals surface area contributed by atoms with Gasteiger partial charge in [0.25, 0.3) is 0 Å². The summed E-state index contributed by atoms with van der Waals surface area (Å²) in [4.78, 5) is 30.7. The molecule has 1 amide bonds. The lowest BCUT2D eigenvalue weighted by molar-refractivity contribution is -0.870. The zero-order chi connectivity index (χ0) is 28.7. The number of carbonyl (C=O) groups excluding carboxylic acids is 1. The quantitative estimate of drug-likeness (QED) is 0.260. The molecule has 3 aliphatic rings. The van der Waals surface area contributed by atoms with Crippen LogP contribution in [0.5, 0.6) is 5.75 Å². The van der Waals surface area contributed by atoms with Crippen molar-refractivity contribution in [2.75, 3.05) is 73.7 Å². The van der Waals surface area contributed by atoms with Crippen LogP contribution in [0, 0.1) is 5.92 Å². The number of aliphatic carboxylic acids is 1. The van der Waals surface area contributed by atoms with Gasteiger partial charge in [-0.15, -0.1) is 0 Å². The molecule has 0 aliphatic carbocycles. The van der Waals surface area contributed by atoms with E-state index >= 15 is 0 Å². The number of unbranched alkanes of at least 4 members (excludes halogenated alkanes) is 2. The maximum absolute atomic E-state index is 13.7. The van der Waals surface area contributed by atoms with Crippen LogP contribution >= 0.6 is 0 Å². The van der Waals surface area contributed by atoms with Crippen LogP contribution in [0.2, 0.25) is 0 Å². The first-order chi connectivity index (χ1) is 19.2. The minimum absolute atomic E-state index is 0.101. The summed E-state index contributed by atoms with van der Waals surface area (Å²) in [5, 5.41) is 10.5. The molecule has 2 saturated heterocycles. The highest BCUT2D eigenvalue weighted by atomic mass is 16.7. The van der Waals surface area contributed by atoms with E-state index in [1.165, 1.54) is 0 Å². The van der Waals surface area contributed by atoms with Crippen LogP contribution < -0.4 is 4.74 Å². The maximum Gasteiger partial charge on any atom is 0.308 e. The topological polar surface area (TPSA) is 88.5 Å². The maximum atomic E-state index is 13.7. The Hall–Kier alpha value is -2.20. The molecule has 0 bridgehead atoms. The highest BCUT2D eigenvalue weighted by molar-refractivity contribution is 5.79. The molecule has 0 radical (unpaired) electrons. The van der Waals surface area contributed by atoms with Gasteiger partial charge in [0.15, 0.2) is 6.29 Å². The Balaban J connectivity index is 1.50. The molecule has 224 valence electrons. The van der Waals surface area contributed by atoms with E-state index in [1.807, 2.05) is 17.0 Å². The Bertz CT molecular complexity index is 990. The molecule has 1 N–H and O–H groups in total. The van der Waals surface area contributed by atoms with E-state index < -0.39 is 11.9 Å². The highest BCUT2D eigenvalue weighted by Gasteiger charge is 2.47. The van der Waals surface area contributed by atoms with Gasteiger partial charge in [-0.25, -0.2) is 0 Å². The average molecular weight is 561 g/mol. The fraction of sp³-hybridized carbons (Fsp3) is 0.742. The standard InChI is InChI=1S/C31H49N3O6/c1-5-6-14-32(15-7-8-16-34(2,3)4)28(35)22-33-21-25(23-9-11-27-24(20-23)13-17-38-27)30(31(36)37)26(33)10-12-29-39-18-19-40-29/h9,11,20,25-26,29-30H,5-8,10,12-19,21-22H2,1-4H3/p+1. The van der Waals surface area contributed by atoms with Crippen molar-refractivity contribution < 1.29 is 33.4 Å². The van der Waals surface area contributed by atoms with Gasteiger partial charge in [-0.3, -0.25) is 14.5 Å². The predicted molar refractivity (Wildman–Crippen MR) is 153 cm³/mol. The van der Waals surface area contributed by atoms with Crippen molar-refractivity contribution in [3.63, 3.8) is 0 Å². The summed E-state index contributed by atoms with van der Waals surface area (Å²) in [6.07, 6.45) is 5.81. The van der Waals surface area contributed by atoms with Gasteiger partial charge in [0.1, 0.15) is 5.75 Å². The largest absolute Gasteiger partial charge is 0.493 e. The molecule has 1 aromatic rings. The van der Waals surface area contributed by atoms with Gasteiger partial charge in [-0.05, 0) is 49.3 Å². The second-order valence-corrected chi connectivity index (χ2v) is 12.6. The molecule has 0 aromatic heterocycles. The zero-order valence-electron chi connectivity index (χ0n) is 25.0. The summed E-state index contributed by atoms with van der Waals surface area (Å²) in [6.45, 7) is 7.30. The van der Waals surface area contributed by atoms with Crippen LogP contribution in [-0.4, -0.2) is 117 Å². The summed E-state index contributed by atoms with van der Waals surface area (Å²) in [6, 6.07) is 5.84. The van der Waals surface area contributed by atoms with Crippen LogP contribution in [-0.2, 0) is 25.5 Å². The molecule has 40 heavy (non-hydrogen) atoms. The van der Waals surface area contributed by atoms with Gasteiger partial charge in [-0.1, -0.05) is 25.5 Å². The van der Waals surface area contributed by atoms with E-state index in [0.717, 1.165) is 73.1 Å². The van der Waals surface area contributed by atoms with Crippen molar-refractivity contribution in [3.8, 4) is 5.75 Å². The number of benzene rings is 1. The molecule has 3 aliphatic heterocycles. The molecular weight excluding hydrogens is 510 g/mol. The zero-order valence-corrected chi connectivity index (χ0v) is 25.0. The summed E-state index contributed by atoms with van der Waals surface area (Å²) in [7, 11) is 6.58. The first-order valence-corrected chi connectivity index (χ1v) is 15.2. The van der Waals surface area contributed by atoms with Crippen molar-refractivity contribution in [1.82, 2.24) is 9.80 Å². The molecule has 3 atom stereocenters. The molecule has 9 nitrogen and oxygen atoms in total. The number of amides is 1. The van der Waals surface area contributed by atoms with E-state index in [9.17, 15) is 14.7 Å². The lowest BCUT2D eigenvalue weighted by atomic mass is 9.83. The Kier molecular flexibility index (Phi) is 10.9.